The number of halogens is 3. The topological polar surface area (TPSA) is 55.1 Å². The van der Waals surface area contributed by atoms with Crippen molar-refractivity contribution in [1.29, 1.82) is 0 Å². The highest BCUT2D eigenvalue weighted by molar-refractivity contribution is 9.10. The second-order valence-electron chi connectivity index (χ2n) is 3.82. The second kappa shape index (κ2) is 5.59. The summed E-state index contributed by atoms with van der Waals surface area (Å²) in [6.45, 7) is 0. The first-order valence-electron chi connectivity index (χ1n) is 5.29. The molecule has 0 heterocycles. The van der Waals surface area contributed by atoms with Gasteiger partial charge in [-0.05, 0) is 52.3 Å². The lowest BCUT2D eigenvalue weighted by molar-refractivity contribution is 0.102. The van der Waals surface area contributed by atoms with Crippen molar-refractivity contribution in [2.24, 2.45) is 0 Å². The molecule has 0 saturated heterocycles. The molecular weight excluding hydrogens is 335 g/mol. The van der Waals surface area contributed by atoms with Crippen LogP contribution in [-0.4, -0.2) is 5.91 Å². The third-order valence-corrected chi connectivity index (χ3v) is 3.46. The van der Waals surface area contributed by atoms with E-state index < -0.39 is 5.82 Å². The van der Waals surface area contributed by atoms with Gasteiger partial charge in [-0.1, -0.05) is 11.6 Å². The van der Waals surface area contributed by atoms with Gasteiger partial charge >= 0.3 is 0 Å². The van der Waals surface area contributed by atoms with Crippen LogP contribution in [0.4, 0.5) is 15.8 Å². The van der Waals surface area contributed by atoms with E-state index in [4.69, 9.17) is 17.3 Å². The van der Waals surface area contributed by atoms with Crippen LogP contribution in [0, 0.1) is 5.82 Å². The summed E-state index contributed by atoms with van der Waals surface area (Å²) in [6, 6.07) is 8.87. The quantitative estimate of drug-likeness (QED) is 0.807. The SMILES string of the molecule is Nc1cc(C(=O)Nc2ccc(Cl)c(F)c2)ccc1Br. The van der Waals surface area contributed by atoms with E-state index in [0.29, 0.717) is 21.4 Å². The van der Waals surface area contributed by atoms with E-state index in [2.05, 4.69) is 21.2 Å². The number of amides is 1. The van der Waals surface area contributed by atoms with Crippen LogP contribution in [0.1, 0.15) is 10.4 Å². The molecule has 2 rings (SSSR count). The summed E-state index contributed by atoms with van der Waals surface area (Å²) in [5.41, 5.74) is 6.86. The second-order valence-corrected chi connectivity index (χ2v) is 5.08. The Kier molecular flexibility index (Phi) is 4.07. The van der Waals surface area contributed by atoms with Gasteiger partial charge in [0.25, 0.3) is 5.91 Å². The lowest BCUT2D eigenvalue weighted by Gasteiger charge is -2.07. The van der Waals surface area contributed by atoms with Crippen LogP contribution in [-0.2, 0) is 0 Å². The van der Waals surface area contributed by atoms with E-state index in [0.717, 1.165) is 6.07 Å². The van der Waals surface area contributed by atoms with E-state index in [1.165, 1.54) is 18.2 Å². The van der Waals surface area contributed by atoms with Crippen molar-refractivity contribution in [2.45, 2.75) is 0 Å². The molecule has 0 bridgehead atoms. The Labute approximate surface area is 122 Å². The number of hydrogen-bond donors (Lipinski definition) is 2. The molecule has 2 aromatic carbocycles. The molecule has 6 heteroatoms. The molecule has 19 heavy (non-hydrogen) atoms. The van der Waals surface area contributed by atoms with Gasteiger partial charge in [-0.25, -0.2) is 4.39 Å². The Bertz CT molecular complexity index is 649. The molecular formula is C13H9BrClFN2O. The van der Waals surface area contributed by atoms with E-state index in [1.54, 1.807) is 12.1 Å². The third-order valence-electron chi connectivity index (χ3n) is 2.44. The van der Waals surface area contributed by atoms with Gasteiger partial charge in [0.1, 0.15) is 5.82 Å². The first-order valence-corrected chi connectivity index (χ1v) is 6.46. The van der Waals surface area contributed by atoms with E-state index in [1.807, 2.05) is 0 Å². The molecule has 0 spiro atoms. The minimum Gasteiger partial charge on any atom is -0.398 e. The summed E-state index contributed by atoms with van der Waals surface area (Å²) >= 11 is 8.80. The molecule has 0 radical (unpaired) electrons. The van der Waals surface area contributed by atoms with Gasteiger partial charge in [0.15, 0.2) is 0 Å². The molecule has 0 atom stereocenters. The average Bonchev–Trinajstić information content (AvgIpc) is 2.37. The van der Waals surface area contributed by atoms with Crippen molar-refractivity contribution in [3.8, 4) is 0 Å². The first kappa shape index (κ1) is 13.8. The fourth-order valence-corrected chi connectivity index (χ4v) is 1.83. The zero-order chi connectivity index (χ0) is 14.0. The summed E-state index contributed by atoms with van der Waals surface area (Å²) < 4.78 is 13.9. The predicted octanol–water partition coefficient (Wildman–Crippen LogP) is 4.08. The summed E-state index contributed by atoms with van der Waals surface area (Å²) in [5, 5.41) is 2.57. The van der Waals surface area contributed by atoms with Crippen molar-refractivity contribution in [3.63, 3.8) is 0 Å². The van der Waals surface area contributed by atoms with Crippen molar-refractivity contribution in [1.82, 2.24) is 0 Å². The van der Waals surface area contributed by atoms with Gasteiger partial charge in [0.05, 0.1) is 5.02 Å². The van der Waals surface area contributed by atoms with E-state index in [-0.39, 0.29) is 10.9 Å². The predicted molar refractivity (Wildman–Crippen MR) is 77.9 cm³/mol. The third kappa shape index (κ3) is 3.24. The van der Waals surface area contributed by atoms with Crippen LogP contribution in [0.3, 0.4) is 0 Å². The minimum absolute atomic E-state index is 0.00545. The molecule has 3 N–H and O–H groups in total. The molecule has 0 aliphatic carbocycles. The molecule has 0 aromatic heterocycles. The summed E-state index contributed by atoms with van der Waals surface area (Å²) in [6.07, 6.45) is 0. The number of anilines is 2. The van der Waals surface area contributed by atoms with E-state index >= 15 is 0 Å². The van der Waals surface area contributed by atoms with Gasteiger partial charge in [-0.3, -0.25) is 4.79 Å². The van der Waals surface area contributed by atoms with Crippen molar-refractivity contribution >= 4 is 44.8 Å². The molecule has 3 nitrogen and oxygen atoms in total. The highest BCUT2D eigenvalue weighted by atomic mass is 79.9. The Morgan fingerprint density at radius 2 is 2.00 bits per heavy atom. The molecule has 0 unspecified atom stereocenters. The maximum absolute atomic E-state index is 13.2. The fourth-order valence-electron chi connectivity index (χ4n) is 1.46. The number of nitrogens with one attached hydrogen (secondary N) is 1. The van der Waals surface area contributed by atoms with Gasteiger partial charge in [-0.2, -0.15) is 0 Å². The number of benzene rings is 2. The lowest BCUT2D eigenvalue weighted by atomic mass is 10.2. The van der Waals surface area contributed by atoms with Crippen LogP contribution in [0.2, 0.25) is 5.02 Å². The Morgan fingerprint density at radius 3 is 2.63 bits per heavy atom. The number of carbonyl (C=O) groups is 1. The first-order chi connectivity index (χ1) is 8.97. The molecule has 0 fully saturated rings. The van der Waals surface area contributed by atoms with Gasteiger partial charge in [0.2, 0.25) is 0 Å². The molecule has 1 amide bonds. The smallest absolute Gasteiger partial charge is 0.255 e. The molecule has 0 aliphatic heterocycles. The maximum atomic E-state index is 13.2. The van der Waals surface area contributed by atoms with Gasteiger partial charge < -0.3 is 11.1 Å². The lowest BCUT2D eigenvalue weighted by Crippen LogP contribution is -2.12. The Hall–Kier alpha value is -1.59. The zero-order valence-electron chi connectivity index (χ0n) is 9.58. The van der Waals surface area contributed by atoms with Gasteiger partial charge in [0, 0.05) is 21.4 Å². The summed E-state index contributed by atoms with van der Waals surface area (Å²) in [4.78, 5) is 11.9. The number of rotatable bonds is 2. The number of hydrogen-bond acceptors (Lipinski definition) is 2. The maximum Gasteiger partial charge on any atom is 0.255 e. The summed E-state index contributed by atoms with van der Waals surface area (Å²) in [7, 11) is 0. The normalized spacial score (nSPS) is 10.3. The standard InChI is InChI=1S/C13H9BrClFN2O/c14-9-3-1-7(5-12(9)17)13(19)18-8-2-4-10(15)11(16)6-8/h1-6H,17H2,(H,18,19). The molecule has 0 aliphatic rings. The van der Waals surface area contributed by atoms with Crippen molar-refractivity contribution in [3.05, 3.63) is 57.3 Å². The van der Waals surface area contributed by atoms with E-state index in [9.17, 15) is 9.18 Å². The van der Waals surface area contributed by atoms with Crippen molar-refractivity contribution < 1.29 is 9.18 Å². The zero-order valence-corrected chi connectivity index (χ0v) is 11.9. The highest BCUT2D eigenvalue weighted by Gasteiger charge is 2.09. The number of carbonyl (C=O) groups excluding carboxylic acids is 1. The molecule has 2 aromatic rings. The number of nitrogens with two attached hydrogens (primary N) is 1. The Balaban J connectivity index is 2.20. The largest absolute Gasteiger partial charge is 0.398 e. The van der Waals surface area contributed by atoms with Gasteiger partial charge in [-0.15, -0.1) is 0 Å². The minimum atomic E-state index is -0.588. The Morgan fingerprint density at radius 1 is 1.26 bits per heavy atom. The highest BCUT2D eigenvalue weighted by Crippen LogP contribution is 2.22. The van der Waals surface area contributed by atoms with Crippen LogP contribution in [0.15, 0.2) is 40.9 Å². The fraction of sp³-hybridized carbons (Fsp3) is 0. The van der Waals surface area contributed by atoms with Crippen molar-refractivity contribution in [2.75, 3.05) is 11.1 Å². The van der Waals surface area contributed by atoms with Crippen LogP contribution < -0.4 is 11.1 Å². The molecule has 0 saturated carbocycles. The van der Waals surface area contributed by atoms with Crippen LogP contribution in [0.25, 0.3) is 0 Å². The number of nitrogen functional groups attached to an aromatic ring is 1. The van der Waals surface area contributed by atoms with Crippen LogP contribution >= 0.6 is 27.5 Å². The average molecular weight is 344 g/mol. The monoisotopic (exact) mass is 342 g/mol. The summed E-state index contributed by atoms with van der Waals surface area (Å²) in [5.74, 6) is -0.962. The molecule has 98 valence electrons. The van der Waals surface area contributed by atoms with Crippen LogP contribution in [0.5, 0.6) is 0 Å².